The summed E-state index contributed by atoms with van der Waals surface area (Å²) < 4.78 is 34.1. The first-order chi connectivity index (χ1) is 17.9. The molecule has 11 heteroatoms. The third kappa shape index (κ3) is 3.66. The Morgan fingerprint density at radius 3 is 2.68 bits per heavy atom. The minimum Gasteiger partial charge on any atom is -0.417 e. The molecule has 4 aromatic heterocycles. The number of nitrogens with zero attached hydrogens (tertiary/aromatic N) is 6. The van der Waals surface area contributed by atoms with Gasteiger partial charge in [0.1, 0.15) is 11.2 Å². The number of rotatable bonds is 6. The van der Waals surface area contributed by atoms with Crippen molar-refractivity contribution in [3.05, 3.63) is 36.0 Å². The van der Waals surface area contributed by atoms with E-state index >= 15 is 0 Å². The van der Waals surface area contributed by atoms with Gasteiger partial charge < -0.3 is 24.5 Å². The van der Waals surface area contributed by atoms with E-state index < -0.39 is 6.61 Å². The number of carbonyl (C=O) groups excluding carboxylic acids is 1. The summed E-state index contributed by atoms with van der Waals surface area (Å²) in [7, 11) is 1.88. The Kier molecular flexibility index (Phi) is 5.01. The van der Waals surface area contributed by atoms with Gasteiger partial charge in [-0.3, -0.25) is 4.79 Å². The first-order valence-electron chi connectivity index (χ1n) is 12.7. The maximum absolute atomic E-state index is 13.3. The lowest BCUT2D eigenvalue weighted by molar-refractivity contribution is -0.0526. The van der Waals surface area contributed by atoms with Crippen LogP contribution in [-0.2, 0) is 13.6 Å². The number of aryl methyl sites for hydroxylation is 1. The molecule has 3 fully saturated rings. The second-order valence-corrected chi connectivity index (χ2v) is 10.5. The van der Waals surface area contributed by atoms with E-state index in [1.807, 2.05) is 22.2 Å². The maximum Gasteiger partial charge on any atom is 0.388 e. The number of halogens is 2. The lowest BCUT2D eigenvalue weighted by Crippen LogP contribution is -2.44. The van der Waals surface area contributed by atoms with E-state index in [-0.39, 0.29) is 18.0 Å². The summed E-state index contributed by atoms with van der Waals surface area (Å²) in [6, 6.07) is 6.92. The Morgan fingerprint density at radius 1 is 1.16 bits per heavy atom. The third-order valence-corrected chi connectivity index (χ3v) is 8.22. The average molecular weight is 508 g/mol. The fraction of sp³-hybridized carbons (Fsp3) is 0.462. The monoisotopic (exact) mass is 507 g/mol. The molecular formula is C26H27F2N7O2. The molecule has 2 saturated carbocycles. The first-order valence-corrected chi connectivity index (χ1v) is 12.7. The van der Waals surface area contributed by atoms with Crippen LogP contribution in [-0.4, -0.2) is 54.2 Å². The summed E-state index contributed by atoms with van der Waals surface area (Å²) >= 11 is 0. The molecule has 3 aliphatic rings. The molecule has 1 saturated heterocycles. The molecule has 5 heterocycles. The number of aromatic nitrogens is 5. The predicted molar refractivity (Wildman–Crippen MR) is 132 cm³/mol. The minimum atomic E-state index is -2.94. The minimum absolute atomic E-state index is 0.109. The normalized spacial score (nSPS) is 23.2. The van der Waals surface area contributed by atoms with Gasteiger partial charge in [-0.25, -0.2) is 9.97 Å². The van der Waals surface area contributed by atoms with Gasteiger partial charge in [0.15, 0.2) is 11.5 Å². The highest BCUT2D eigenvalue weighted by atomic mass is 19.3. The smallest absolute Gasteiger partial charge is 0.388 e. The standard InChI is InChI=1S/C26H27F2N7O2/c1-33-23-18(8-16(10-30-23)25(36)35-12-15-4-6-17(15)21(35)29)31-24(33)19-9-14-5-7-20(37-26(27)28)32-22(14)34(19)11-13-2-3-13/h5,7-10,13,15,17,21,26H,2-4,6,11-12,29H2,1H3/t15-,17-,21+/m1/s1. The Morgan fingerprint density at radius 2 is 2.00 bits per heavy atom. The number of hydrogen-bond donors (Lipinski definition) is 1. The van der Waals surface area contributed by atoms with Crippen LogP contribution in [0.2, 0.25) is 0 Å². The topological polar surface area (TPSA) is 104 Å². The van der Waals surface area contributed by atoms with Crippen LogP contribution in [0.15, 0.2) is 30.5 Å². The van der Waals surface area contributed by atoms with Crippen molar-refractivity contribution in [3.8, 4) is 17.4 Å². The zero-order valence-corrected chi connectivity index (χ0v) is 20.3. The van der Waals surface area contributed by atoms with Gasteiger partial charge >= 0.3 is 6.61 Å². The number of amides is 1. The molecule has 37 heavy (non-hydrogen) atoms. The van der Waals surface area contributed by atoms with Gasteiger partial charge in [-0.1, -0.05) is 0 Å². The lowest BCUT2D eigenvalue weighted by Gasteiger charge is -2.31. The highest BCUT2D eigenvalue weighted by molar-refractivity contribution is 5.97. The molecule has 7 rings (SSSR count). The zero-order chi connectivity index (χ0) is 25.4. The van der Waals surface area contributed by atoms with Gasteiger partial charge in [0.05, 0.1) is 17.4 Å². The van der Waals surface area contributed by atoms with Gasteiger partial charge in [0, 0.05) is 37.8 Å². The molecule has 4 aromatic rings. The van der Waals surface area contributed by atoms with Crippen LogP contribution >= 0.6 is 0 Å². The van der Waals surface area contributed by atoms with E-state index in [4.69, 9.17) is 10.7 Å². The second-order valence-electron chi connectivity index (χ2n) is 10.5. The van der Waals surface area contributed by atoms with Crippen molar-refractivity contribution in [2.45, 2.75) is 45.0 Å². The Labute approximate surface area is 211 Å². The lowest BCUT2D eigenvalue weighted by atomic mass is 9.75. The van der Waals surface area contributed by atoms with Crippen LogP contribution < -0.4 is 10.5 Å². The Balaban J connectivity index is 1.28. The van der Waals surface area contributed by atoms with Crippen LogP contribution in [0.25, 0.3) is 33.7 Å². The van der Waals surface area contributed by atoms with Gasteiger partial charge in [0.2, 0.25) is 5.88 Å². The first kappa shape index (κ1) is 22.6. The van der Waals surface area contributed by atoms with Crippen LogP contribution in [0.4, 0.5) is 8.78 Å². The van der Waals surface area contributed by atoms with E-state index in [0.717, 1.165) is 36.8 Å². The van der Waals surface area contributed by atoms with E-state index in [0.29, 0.717) is 59.0 Å². The number of alkyl halides is 2. The van der Waals surface area contributed by atoms with Crippen molar-refractivity contribution < 1.29 is 18.3 Å². The largest absolute Gasteiger partial charge is 0.417 e. The fourth-order valence-corrected chi connectivity index (χ4v) is 5.88. The zero-order valence-electron chi connectivity index (χ0n) is 20.3. The van der Waals surface area contributed by atoms with Crippen LogP contribution in [0, 0.1) is 17.8 Å². The molecule has 0 unspecified atom stereocenters. The number of fused-ring (bicyclic) bond motifs is 3. The number of nitrogens with two attached hydrogens (primary N) is 1. The van der Waals surface area contributed by atoms with E-state index in [2.05, 4.69) is 14.7 Å². The van der Waals surface area contributed by atoms with Gasteiger partial charge in [-0.15, -0.1) is 0 Å². The number of imidazole rings is 1. The van der Waals surface area contributed by atoms with Crippen molar-refractivity contribution in [2.75, 3.05) is 6.54 Å². The molecular weight excluding hydrogens is 480 g/mol. The molecule has 0 bridgehead atoms. The number of pyridine rings is 2. The summed E-state index contributed by atoms with van der Waals surface area (Å²) in [6.07, 6.45) is 5.78. The summed E-state index contributed by atoms with van der Waals surface area (Å²) in [6.45, 7) is -1.54. The van der Waals surface area contributed by atoms with E-state index in [1.165, 1.54) is 6.07 Å². The van der Waals surface area contributed by atoms with Crippen molar-refractivity contribution in [1.29, 1.82) is 0 Å². The van der Waals surface area contributed by atoms with Gasteiger partial charge in [0.25, 0.3) is 5.91 Å². The van der Waals surface area contributed by atoms with E-state index in [9.17, 15) is 13.6 Å². The van der Waals surface area contributed by atoms with Crippen molar-refractivity contribution in [2.24, 2.45) is 30.5 Å². The predicted octanol–water partition coefficient (Wildman–Crippen LogP) is 3.76. The molecule has 9 nitrogen and oxygen atoms in total. The molecule has 0 spiro atoms. The summed E-state index contributed by atoms with van der Waals surface area (Å²) in [5.74, 6) is 1.85. The highest BCUT2D eigenvalue weighted by Gasteiger charge is 2.47. The summed E-state index contributed by atoms with van der Waals surface area (Å²) in [5, 5.41) is 0.811. The van der Waals surface area contributed by atoms with Crippen LogP contribution in [0.5, 0.6) is 5.88 Å². The molecule has 1 amide bonds. The number of hydrogen-bond acceptors (Lipinski definition) is 6. The summed E-state index contributed by atoms with van der Waals surface area (Å²) in [5.41, 5.74) is 9.48. The van der Waals surface area contributed by atoms with Crippen molar-refractivity contribution >= 4 is 28.1 Å². The average Bonchev–Trinajstić information content (AvgIpc) is 3.46. The number of likely N-dealkylation sites (tertiary alicyclic amines) is 1. The second kappa shape index (κ2) is 8.20. The van der Waals surface area contributed by atoms with Gasteiger partial charge in [-0.05, 0) is 61.6 Å². The maximum atomic E-state index is 13.3. The molecule has 2 N–H and O–H groups in total. The van der Waals surface area contributed by atoms with Crippen molar-refractivity contribution in [1.82, 2.24) is 29.0 Å². The Hall–Kier alpha value is -3.60. The molecule has 0 radical (unpaired) electrons. The van der Waals surface area contributed by atoms with Gasteiger partial charge in [-0.2, -0.15) is 13.8 Å². The van der Waals surface area contributed by atoms with Crippen LogP contribution in [0.3, 0.4) is 0 Å². The molecule has 192 valence electrons. The molecule has 2 aliphatic carbocycles. The summed E-state index contributed by atoms with van der Waals surface area (Å²) in [4.78, 5) is 28.9. The number of ether oxygens (including phenoxy) is 1. The third-order valence-electron chi connectivity index (χ3n) is 8.22. The highest BCUT2D eigenvalue weighted by Crippen LogP contribution is 2.43. The quantitative estimate of drug-likeness (QED) is 0.426. The van der Waals surface area contributed by atoms with E-state index in [1.54, 1.807) is 23.2 Å². The molecule has 0 aromatic carbocycles. The number of carbonyl (C=O) groups is 1. The van der Waals surface area contributed by atoms with Crippen molar-refractivity contribution in [3.63, 3.8) is 0 Å². The van der Waals surface area contributed by atoms with Crippen LogP contribution in [0.1, 0.15) is 36.0 Å². The molecule has 1 aliphatic heterocycles. The fourth-order valence-electron chi connectivity index (χ4n) is 5.88. The Bertz CT molecular complexity index is 1540. The SMILES string of the molecule is Cn1c(-c2cc3ccc(OC(F)F)nc3n2CC2CC2)nc2cc(C(=O)N3C[C@H]4CC[C@H]4[C@H]3N)cnc21. The molecule has 3 atom stereocenters.